The van der Waals surface area contributed by atoms with E-state index in [1.165, 1.54) is 12.1 Å². The maximum atomic E-state index is 13.7. The van der Waals surface area contributed by atoms with Gasteiger partial charge in [0.25, 0.3) is 0 Å². The monoisotopic (exact) mass is 411 g/mol. The van der Waals surface area contributed by atoms with E-state index in [1.54, 1.807) is 47.4 Å². The first-order valence-corrected chi connectivity index (χ1v) is 9.32. The fraction of sp³-hybridized carbons (Fsp3) is 0.0909. The van der Waals surface area contributed by atoms with Crippen molar-refractivity contribution in [1.82, 2.24) is 0 Å². The summed E-state index contributed by atoms with van der Waals surface area (Å²) in [6.45, 7) is 1.84. The normalized spacial score (nSPS) is 18.2. The molecular formula is C22H15Cl2NO3. The number of carbonyl (C=O) groups is 2. The summed E-state index contributed by atoms with van der Waals surface area (Å²) >= 11 is 12.3. The van der Waals surface area contributed by atoms with Crippen LogP contribution in [0.5, 0.6) is 0 Å². The van der Waals surface area contributed by atoms with Crippen LogP contribution in [-0.2, 0) is 10.2 Å². The molecule has 1 unspecified atom stereocenters. The van der Waals surface area contributed by atoms with E-state index in [0.29, 0.717) is 21.4 Å². The number of aromatic carboxylic acids is 1. The predicted molar refractivity (Wildman–Crippen MR) is 110 cm³/mol. The number of carbonyl (C=O) groups excluding carboxylic acids is 1. The van der Waals surface area contributed by atoms with E-state index in [9.17, 15) is 14.7 Å². The Hall–Kier alpha value is -2.82. The number of anilines is 2. The molecule has 4 nitrogen and oxygen atoms in total. The third-order valence-corrected chi connectivity index (χ3v) is 5.63. The molecule has 1 atom stereocenters. The van der Waals surface area contributed by atoms with Gasteiger partial charge < -0.3 is 5.11 Å². The molecule has 28 heavy (non-hydrogen) atoms. The number of hydrogen-bond acceptors (Lipinski definition) is 2. The Bertz CT molecular complexity index is 1110. The highest BCUT2D eigenvalue weighted by molar-refractivity contribution is 6.31. The average Bonchev–Trinajstić information content (AvgIpc) is 2.90. The Morgan fingerprint density at radius 3 is 2.32 bits per heavy atom. The van der Waals surface area contributed by atoms with Gasteiger partial charge >= 0.3 is 5.97 Å². The molecule has 0 aromatic heterocycles. The molecule has 0 spiro atoms. The van der Waals surface area contributed by atoms with Crippen molar-refractivity contribution < 1.29 is 14.7 Å². The lowest BCUT2D eigenvalue weighted by atomic mass is 9.77. The summed E-state index contributed by atoms with van der Waals surface area (Å²) in [6.07, 6.45) is 0. The van der Waals surface area contributed by atoms with Crippen LogP contribution in [0.1, 0.15) is 28.4 Å². The van der Waals surface area contributed by atoms with E-state index in [4.69, 9.17) is 23.2 Å². The van der Waals surface area contributed by atoms with Gasteiger partial charge in [0.15, 0.2) is 0 Å². The minimum Gasteiger partial charge on any atom is -0.478 e. The number of carboxylic acids is 1. The zero-order valence-electron chi connectivity index (χ0n) is 14.8. The Labute approximate surface area is 171 Å². The summed E-state index contributed by atoms with van der Waals surface area (Å²) in [5.41, 5.74) is 1.83. The highest BCUT2D eigenvalue weighted by Gasteiger charge is 2.49. The second-order valence-electron chi connectivity index (χ2n) is 6.79. The van der Waals surface area contributed by atoms with Crippen LogP contribution in [0, 0.1) is 0 Å². The first-order chi connectivity index (χ1) is 13.3. The molecule has 0 saturated heterocycles. The molecular weight excluding hydrogens is 397 g/mol. The van der Waals surface area contributed by atoms with Crippen molar-refractivity contribution in [3.05, 3.63) is 93.5 Å². The van der Waals surface area contributed by atoms with Gasteiger partial charge in [-0.25, -0.2) is 4.79 Å². The Balaban J connectivity index is 1.94. The number of carboxylic acid groups (broad SMARTS) is 1. The molecule has 4 rings (SSSR count). The molecule has 3 aromatic rings. The molecule has 1 heterocycles. The van der Waals surface area contributed by atoms with Gasteiger partial charge in [-0.3, -0.25) is 9.69 Å². The number of hydrogen-bond donors (Lipinski definition) is 1. The van der Waals surface area contributed by atoms with E-state index < -0.39 is 11.4 Å². The second-order valence-corrected chi connectivity index (χ2v) is 7.66. The topological polar surface area (TPSA) is 57.6 Å². The van der Waals surface area contributed by atoms with E-state index in [-0.39, 0.29) is 11.5 Å². The maximum absolute atomic E-state index is 13.7. The molecule has 0 aliphatic carbocycles. The largest absolute Gasteiger partial charge is 0.478 e. The van der Waals surface area contributed by atoms with Gasteiger partial charge in [0.05, 0.1) is 16.7 Å². The van der Waals surface area contributed by atoms with Crippen LogP contribution in [-0.4, -0.2) is 17.0 Å². The van der Waals surface area contributed by atoms with Crippen molar-refractivity contribution in [3.8, 4) is 0 Å². The van der Waals surface area contributed by atoms with E-state index >= 15 is 0 Å². The molecule has 0 radical (unpaired) electrons. The highest BCUT2D eigenvalue weighted by Crippen LogP contribution is 2.49. The van der Waals surface area contributed by atoms with E-state index in [2.05, 4.69) is 0 Å². The Morgan fingerprint density at radius 1 is 0.964 bits per heavy atom. The smallest absolute Gasteiger partial charge is 0.335 e. The average molecular weight is 412 g/mol. The van der Waals surface area contributed by atoms with Crippen LogP contribution in [0.25, 0.3) is 0 Å². The summed E-state index contributed by atoms with van der Waals surface area (Å²) in [4.78, 5) is 26.6. The quantitative estimate of drug-likeness (QED) is 0.603. The molecule has 0 saturated carbocycles. The SMILES string of the molecule is CC1(c2ccc(Cl)cc2)C(=O)N(c2cccc(C(=O)O)c2)c2ccc(Cl)cc21. The van der Waals surface area contributed by atoms with Gasteiger partial charge in [0.1, 0.15) is 0 Å². The summed E-state index contributed by atoms with van der Waals surface area (Å²) in [5, 5.41) is 10.4. The highest BCUT2D eigenvalue weighted by atomic mass is 35.5. The maximum Gasteiger partial charge on any atom is 0.335 e. The van der Waals surface area contributed by atoms with Crippen molar-refractivity contribution in [3.63, 3.8) is 0 Å². The van der Waals surface area contributed by atoms with Gasteiger partial charge in [-0.15, -0.1) is 0 Å². The fourth-order valence-electron chi connectivity index (χ4n) is 3.65. The van der Waals surface area contributed by atoms with Crippen LogP contribution in [0.3, 0.4) is 0 Å². The van der Waals surface area contributed by atoms with Crippen LogP contribution in [0.2, 0.25) is 10.0 Å². The second kappa shape index (κ2) is 6.66. The minimum absolute atomic E-state index is 0.112. The van der Waals surface area contributed by atoms with Gasteiger partial charge in [0, 0.05) is 15.7 Å². The van der Waals surface area contributed by atoms with Crippen LogP contribution < -0.4 is 4.90 Å². The number of fused-ring (bicyclic) bond motifs is 1. The first kappa shape index (κ1) is 18.5. The van der Waals surface area contributed by atoms with Gasteiger partial charge in [-0.2, -0.15) is 0 Å². The van der Waals surface area contributed by atoms with Crippen molar-refractivity contribution in [2.75, 3.05) is 4.90 Å². The standard InChI is InChI=1S/C22H15Cl2NO3/c1-22(14-5-7-15(23)8-6-14)18-12-16(24)9-10-19(18)25(21(22)28)17-4-2-3-13(11-17)20(26)27/h2-12H,1H3,(H,26,27). The molecule has 0 bridgehead atoms. The molecule has 6 heteroatoms. The summed E-state index contributed by atoms with van der Waals surface area (Å²) in [6, 6.07) is 18.7. The van der Waals surface area contributed by atoms with Gasteiger partial charge in [-0.05, 0) is 66.6 Å². The molecule has 1 amide bonds. The molecule has 1 aliphatic heterocycles. The number of rotatable bonds is 3. The molecule has 140 valence electrons. The first-order valence-electron chi connectivity index (χ1n) is 8.56. The lowest BCUT2D eigenvalue weighted by Crippen LogP contribution is -2.36. The molecule has 0 fully saturated rings. The molecule has 1 N–H and O–H groups in total. The van der Waals surface area contributed by atoms with Crippen LogP contribution >= 0.6 is 23.2 Å². The predicted octanol–water partition coefficient (Wildman–Crippen LogP) is 5.68. The Kier molecular flexibility index (Phi) is 4.41. The van der Waals surface area contributed by atoms with Gasteiger partial charge in [0.2, 0.25) is 5.91 Å². The van der Waals surface area contributed by atoms with Crippen molar-refractivity contribution in [2.45, 2.75) is 12.3 Å². The van der Waals surface area contributed by atoms with E-state index in [1.807, 2.05) is 19.1 Å². The molecule has 3 aromatic carbocycles. The third-order valence-electron chi connectivity index (χ3n) is 5.14. The summed E-state index contributed by atoms with van der Waals surface area (Å²) < 4.78 is 0. The molecule has 1 aliphatic rings. The summed E-state index contributed by atoms with van der Waals surface area (Å²) in [5.74, 6) is -1.24. The lowest BCUT2D eigenvalue weighted by Gasteiger charge is -2.25. The fourth-order valence-corrected chi connectivity index (χ4v) is 3.95. The van der Waals surface area contributed by atoms with Crippen molar-refractivity contribution in [2.24, 2.45) is 0 Å². The minimum atomic E-state index is -1.05. The number of benzene rings is 3. The van der Waals surface area contributed by atoms with Crippen LogP contribution in [0.4, 0.5) is 11.4 Å². The number of halogens is 2. The Morgan fingerprint density at radius 2 is 1.64 bits per heavy atom. The lowest BCUT2D eigenvalue weighted by molar-refractivity contribution is -0.120. The summed E-state index contributed by atoms with van der Waals surface area (Å²) in [7, 11) is 0. The number of amides is 1. The van der Waals surface area contributed by atoms with Crippen LogP contribution in [0.15, 0.2) is 66.7 Å². The third kappa shape index (κ3) is 2.77. The van der Waals surface area contributed by atoms with Crippen molar-refractivity contribution >= 4 is 46.5 Å². The van der Waals surface area contributed by atoms with Crippen molar-refractivity contribution in [1.29, 1.82) is 0 Å². The number of nitrogens with zero attached hydrogens (tertiary/aromatic N) is 1. The zero-order valence-corrected chi connectivity index (χ0v) is 16.3. The van der Waals surface area contributed by atoms with Gasteiger partial charge in [-0.1, -0.05) is 41.4 Å². The zero-order chi connectivity index (χ0) is 20.1. The van der Waals surface area contributed by atoms with E-state index in [0.717, 1.165) is 11.1 Å².